The minimum absolute atomic E-state index is 0.0185. The Kier molecular flexibility index (Phi) is 4.31. The topological polar surface area (TPSA) is 73.9 Å². The first kappa shape index (κ1) is 14.2. The molecule has 2 aromatic heterocycles. The monoisotopic (exact) mass is 305 g/mol. The van der Waals surface area contributed by atoms with Gasteiger partial charge in [0.25, 0.3) is 0 Å². The number of hydrogen-bond acceptors (Lipinski definition) is 5. The van der Waals surface area contributed by atoms with E-state index in [-0.39, 0.29) is 11.9 Å². The quantitative estimate of drug-likeness (QED) is 0.907. The van der Waals surface area contributed by atoms with Gasteiger partial charge >= 0.3 is 0 Å². The summed E-state index contributed by atoms with van der Waals surface area (Å²) in [6.07, 6.45) is 5.60. The fourth-order valence-corrected chi connectivity index (χ4v) is 3.28. The summed E-state index contributed by atoms with van der Waals surface area (Å²) in [4.78, 5) is 18.5. The number of thiazole rings is 1. The second kappa shape index (κ2) is 6.36. The summed E-state index contributed by atoms with van der Waals surface area (Å²) < 4.78 is 0. The zero-order valence-electron chi connectivity index (χ0n) is 12.0. The predicted molar refractivity (Wildman–Crippen MR) is 82.3 cm³/mol. The Hall–Kier alpha value is -1.73. The van der Waals surface area contributed by atoms with Gasteiger partial charge in [0.1, 0.15) is 0 Å². The van der Waals surface area contributed by atoms with E-state index in [0.717, 1.165) is 25.9 Å². The smallest absolute Gasteiger partial charge is 0.243 e. The minimum Gasteiger partial charge on any atom is -0.301 e. The van der Waals surface area contributed by atoms with E-state index < -0.39 is 0 Å². The molecule has 1 atom stereocenters. The Morgan fingerprint density at radius 2 is 2.29 bits per heavy atom. The van der Waals surface area contributed by atoms with Crippen LogP contribution in [0.2, 0.25) is 0 Å². The van der Waals surface area contributed by atoms with Gasteiger partial charge in [-0.15, -0.1) is 11.3 Å². The van der Waals surface area contributed by atoms with Gasteiger partial charge in [-0.25, -0.2) is 4.98 Å². The van der Waals surface area contributed by atoms with Crippen LogP contribution in [-0.4, -0.2) is 45.1 Å². The summed E-state index contributed by atoms with van der Waals surface area (Å²) in [6, 6.07) is 1.91. The van der Waals surface area contributed by atoms with E-state index in [2.05, 4.69) is 25.4 Å². The van der Waals surface area contributed by atoms with Crippen LogP contribution in [0.1, 0.15) is 31.4 Å². The molecular weight excluding hydrogens is 286 g/mol. The maximum absolute atomic E-state index is 12.2. The average molecular weight is 305 g/mol. The molecule has 7 heteroatoms. The molecule has 3 heterocycles. The van der Waals surface area contributed by atoms with Crippen molar-refractivity contribution in [3.8, 4) is 0 Å². The van der Waals surface area contributed by atoms with Crippen LogP contribution in [0.25, 0.3) is 0 Å². The van der Waals surface area contributed by atoms with Crippen LogP contribution in [0.15, 0.2) is 23.8 Å². The van der Waals surface area contributed by atoms with Gasteiger partial charge in [0.15, 0.2) is 5.13 Å². The van der Waals surface area contributed by atoms with Crippen molar-refractivity contribution in [2.24, 2.45) is 0 Å². The van der Waals surface area contributed by atoms with E-state index in [0.29, 0.717) is 11.0 Å². The van der Waals surface area contributed by atoms with Crippen LogP contribution < -0.4 is 5.32 Å². The number of carbonyl (C=O) groups excluding carboxylic acids is 1. The number of nitrogens with one attached hydrogen (secondary N) is 2. The second-order valence-corrected chi connectivity index (χ2v) is 6.22. The highest BCUT2D eigenvalue weighted by Gasteiger charge is 2.27. The molecule has 0 spiro atoms. The lowest BCUT2D eigenvalue weighted by molar-refractivity contribution is -0.121. The number of nitrogens with zero attached hydrogens (tertiary/aromatic N) is 3. The van der Waals surface area contributed by atoms with Crippen LogP contribution in [-0.2, 0) is 4.79 Å². The lowest BCUT2D eigenvalue weighted by Gasteiger charge is -2.34. The van der Waals surface area contributed by atoms with Crippen molar-refractivity contribution >= 4 is 22.4 Å². The Bertz CT molecular complexity index is 560. The molecule has 0 radical (unpaired) electrons. The van der Waals surface area contributed by atoms with Gasteiger partial charge in [-0.3, -0.25) is 14.8 Å². The molecule has 112 valence electrons. The van der Waals surface area contributed by atoms with E-state index >= 15 is 0 Å². The first-order chi connectivity index (χ1) is 10.2. The van der Waals surface area contributed by atoms with Crippen molar-refractivity contribution in [2.45, 2.75) is 31.7 Å². The lowest BCUT2D eigenvalue weighted by atomic mass is 9.93. The number of rotatable bonds is 4. The molecule has 0 bridgehead atoms. The number of aromatic amines is 1. The van der Waals surface area contributed by atoms with Gasteiger partial charge in [-0.2, -0.15) is 5.10 Å². The van der Waals surface area contributed by atoms with Crippen molar-refractivity contribution < 1.29 is 4.79 Å². The largest absolute Gasteiger partial charge is 0.301 e. The highest BCUT2D eigenvalue weighted by atomic mass is 32.1. The Morgan fingerprint density at radius 1 is 1.48 bits per heavy atom. The van der Waals surface area contributed by atoms with Crippen molar-refractivity contribution in [1.29, 1.82) is 0 Å². The summed E-state index contributed by atoms with van der Waals surface area (Å²) in [6.45, 7) is 3.81. The van der Waals surface area contributed by atoms with E-state index in [9.17, 15) is 4.79 Å². The third kappa shape index (κ3) is 3.30. The van der Waals surface area contributed by atoms with E-state index in [1.165, 1.54) is 17.0 Å². The molecule has 6 nitrogen and oxygen atoms in total. The van der Waals surface area contributed by atoms with Crippen LogP contribution in [0, 0.1) is 0 Å². The van der Waals surface area contributed by atoms with Crippen LogP contribution >= 0.6 is 11.3 Å². The Balaban J connectivity index is 1.52. The molecule has 1 saturated heterocycles. The van der Waals surface area contributed by atoms with Gasteiger partial charge in [0, 0.05) is 29.4 Å². The standard InChI is InChI=1S/C14H19N5OS/c1-10(13(20)17-14-15-6-9-21-14)19-7-3-11(4-8-19)12-2-5-16-18-12/h2,5-6,9-11H,3-4,7-8H2,1H3,(H,16,18)(H,15,17,20)/t10-/m0/s1. The molecule has 1 aliphatic heterocycles. The minimum atomic E-state index is -0.128. The first-order valence-electron chi connectivity index (χ1n) is 7.17. The fourth-order valence-electron chi connectivity index (χ4n) is 2.75. The number of aromatic nitrogens is 3. The third-order valence-corrected chi connectivity index (χ3v) is 4.77. The molecule has 1 amide bonds. The van der Waals surface area contributed by atoms with Crippen LogP contribution in [0.4, 0.5) is 5.13 Å². The molecule has 1 aliphatic rings. The highest BCUT2D eigenvalue weighted by Crippen LogP contribution is 2.27. The maximum atomic E-state index is 12.2. The lowest BCUT2D eigenvalue weighted by Crippen LogP contribution is -2.45. The zero-order valence-corrected chi connectivity index (χ0v) is 12.8. The third-order valence-electron chi connectivity index (χ3n) is 4.08. The molecule has 2 aromatic rings. The van der Waals surface area contributed by atoms with E-state index in [1.807, 2.05) is 18.4 Å². The maximum Gasteiger partial charge on any atom is 0.243 e. The average Bonchev–Trinajstić information content (AvgIpc) is 3.20. The zero-order chi connectivity index (χ0) is 14.7. The Morgan fingerprint density at radius 3 is 2.90 bits per heavy atom. The highest BCUT2D eigenvalue weighted by molar-refractivity contribution is 7.13. The summed E-state index contributed by atoms with van der Waals surface area (Å²) in [5.74, 6) is 0.544. The number of amides is 1. The molecule has 0 unspecified atom stereocenters. The number of carbonyl (C=O) groups is 1. The number of piperidine rings is 1. The molecule has 0 aliphatic carbocycles. The summed E-state index contributed by atoms with van der Waals surface area (Å²) in [5.41, 5.74) is 1.20. The van der Waals surface area contributed by atoms with E-state index in [1.54, 1.807) is 12.4 Å². The van der Waals surface area contributed by atoms with Gasteiger partial charge in [-0.05, 0) is 38.9 Å². The van der Waals surface area contributed by atoms with Crippen molar-refractivity contribution in [1.82, 2.24) is 20.1 Å². The van der Waals surface area contributed by atoms with Gasteiger partial charge in [-0.1, -0.05) is 0 Å². The molecular formula is C14H19N5OS. The molecule has 0 saturated carbocycles. The number of H-pyrrole nitrogens is 1. The molecule has 2 N–H and O–H groups in total. The normalized spacial score (nSPS) is 18.5. The van der Waals surface area contributed by atoms with Gasteiger partial charge in [0.05, 0.1) is 6.04 Å². The molecule has 0 aromatic carbocycles. The van der Waals surface area contributed by atoms with Gasteiger partial charge < -0.3 is 5.32 Å². The summed E-state index contributed by atoms with van der Waals surface area (Å²) in [7, 11) is 0. The number of likely N-dealkylation sites (tertiary alicyclic amines) is 1. The SMILES string of the molecule is C[C@@H](C(=O)Nc1nccs1)N1CCC(c2ccn[nH]2)CC1. The summed E-state index contributed by atoms with van der Waals surface area (Å²) in [5, 5.41) is 12.5. The second-order valence-electron chi connectivity index (χ2n) is 5.32. The van der Waals surface area contributed by atoms with Crippen molar-refractivity contribution in [2.75, 3.05) is 18.4 Å². The van der Waals surface area contributed by atoms with Crippen LogP contribution in [0.5, 0.6) is 0 Å². The summed E-state index contributed by atoms with van der Waals surface area (Å²) >= 11 is 1.44. The Labute approximate surface area is 127 Å². The molecule has 21 heavy (non-hydrogen) atoms. The molecule has 3 rings (SSSR count). The fraction of sp³-hybridized carbons (Fsp3) is 0.500. The van der Waals surface area contributed by atoms with Crippen molar-refractivity contribution in [3.63, 3.8) is 0 Å². The number of anilines is 1. The number of hydrogen-bond donors (Lipinski definition) is 2. The van der Waals surface area contributed by atoms with E-state index in [4.69, 9.17) is 0 Å². The van der Waals surface area contributed by atoms with Crippen molar-refractivity contribution in [3.05, 3.63) is 29.5 Å². The van der Waals surface area contributed by atoms with Crippen LogP contribution in [0.3, 0.4) is 0 Å². The van der Waals surface area contributed by atoms with Gasteiger partial charge in [0.2, 0.25) is 5.91 Å². The predicted octanol–water partition coefficient (Wildman–Crippen LogP) is 2.07. The molecule has 1 fully saturated rings. The first-order valence-corrected chi connectivity index (χ1v) is 8.05.